The molecule has 0 bridgehead atoms. The van der Waals surface area contributed by atoms with Crippen LogP contribution in [0.1, 0.15) is 25.7 Å². The molecule has 0 saturated carbocycles. The van der Waals surface area contributed by atoms with Gasteiger partial charge < -0.3 is 10.2 Å². The molecular formula is C12H16ClN3. The molecule has 4 heteroatoms. The molecule has 16 heavy (non-hydrogen) atoms. The number of rotatable bonds is 0. The molecule has 0 aromatic carbocycles. The number of hydrogen-bond donors (Lipinski definition) is 1. The van der Waals surface area contributed by atoms with Crippen molar-refractivity contribution in [2.45, 2.75) is 31.7 Å². The van der Waals surface area contributed by atoms with Crippen LogP contribution in [0.5, 0.6) is 0 Å². The van der Waals surface area contributed by atoms with Crippen molar-refractivity contribution in [1.29, 1.82) is 0 Å². The van der Waals surface area contributed by atoms with Crippen molar-refractivity contribution in [2.24, 2.45) is 0 Å². The lowest BCUT2D eigenvalue weighted by atomic mass is 10.1. The molecule has 3 heterocycles. The van der Waals surface area contributed by atoms with Gasteiger partial charge in [0, 0.05) is 25.3 Å². The lowest BCUT2D eigenvalue weighted by Gasteiger charge is -2.37. The highest BCUT2D eigenvalue weighted by Gasteiger charge is 2.28. The first-order chi connectivity index (χ1) is 7.84. The maximum absolute atomic E-state index is 5.96. The lowest BCUT2D eigenvalue weighted by molar-refractivity contribution is 0.578. The second-order valence-electron chi connectivity index (χ2n) is 4.60. The van der Waals surface area contributed by atoms with Gasteiger partial charge in [0.15, 0.2) is 5.82 Å². The number of fused-ring (bicyclic) bond motifs is 3. The van der Waals surface area contributed by atoms with Crippen molar-refractivity contribution in [1.82, 2.24) is 4.98 Å². The summed E-state index contributed by atoms with van der Waals surface area (Å²) in [5.41, 5.74) is 1.09. The van der Waals surface area contributed by atoms with Crippen molar-refractivity contribution in [3.8, 4) is 0 Å². The minimum absolute atomic E-state index is 0.615. The van der Waals surface area contributed by atoms with Gasteiger partial charge in [0.05, 0.1) is 10.7 Å². The topological polar surface area (TPSA) is 28.2 Å². The summed E-state index contributed by atoms with van der Waals surface area (Å²) in [4.78, 5) is 6.93. The molecule has 1 saturated heterocycles. The molecular weight excluding hydrogens is 222 g/mol. The fourth-order valence-corrected chi connectivity index (χ4v) is 2.85. The van der Waals surface area contributed by atoms with Crippen molar-refractivity contribution >= 4 is 23.1 Å². The van der Waals surface area contributed by atoms with E-state index in [0.29, 0.717) is 11.1 Å². The first kappa shape index (κ1) is 10.2. The van der Waals surface area contributed by atoms with Crippen molar-refractivity contribution < 1.29 is 0 Å². The van der Waals surface area contributed by atoms with Crippen molar-refractivity contribution in [2.75, 3.05) is 23.3 Å². The van der Waals surface area contributed by atoms with Crippen LogP contribution in [0.15, 0.2) is 12.3 Å². The van der Waals surface area contributed by atoms with Gasteiger partial charge >= 0.3 is 0 Å². The van der Waals surface area contributed by atoms with Gasteiger partial charge in [-0.05, 0) is 18.9 Å². The van der Waals surface area contributed by atoms with Crippen LogP contribution in [-0.2, 0) is 0 Å². The molecule has 0 amide bonds. The fourth-order valence-electron chi connectivity index (χ4n) is 2.69. The predicted molar refractivity (Wildman–Crippen MR) is 67.3 cm³/mol. The molecule has 1 N–H and O–H groups in total. The molecule has 3 nitrogen and oxygen atoms in total. The minimum atomic E-state index is 0.615. The summed E-state index contributed by atoms with van der Waals surface area (Å²) in [5.74, 6) is 1.09. The van der Waals surface area contributed by atoms with Gasteiger partial charge in [0.1, 0.15) is 0 Å². The zero-order valence-corrected chi connectivity index (χ0v) is 10.0. The van der Waals surface area contributed by atoms with Crippen LogP contribution >= 0.6 is 11.6 Å². The van der Waals surface area contributed by atoms with Crippen LogP contribution in [0.3, 0.4) is 0 Å². The number of anilines is 2. The summed E-state index contributed by atoms with van der Waals surface area (Å²) in [6.45, 7) is 2.16. The average Bonchev–Trinajstić information content (AvgIpc) is 2.53. The van der Waals surface area contributed by atoms with Gasteiger partial charge in [0.25, 0.3) is 0 Å². The van der Waals surface area contributed by atoms with Gasteiger partial charge in [-0.2, -0.15) is 0 Å². The van der Waals surface area contributed by atoms with E-state index in [1.54, 1.807) is 6.20 Å². The number of hydrogen-bond acceptors (Lipinski definition) is 3. The second kappa shape index (κ2) is 4.13. The maximum Gasteiger partial charge on any atom is 0.152 e. The minimum Gasteiger partial charge on any atom is -0.380 e. The van der Waals surface area contributed by atoms with E-state index in [1.807, 2.05) is 6.07 Å². The first-order valence-corrected chi connectivity index (χ1v) is 6.38. The van der Waals surface area contributed by atoms with Crippen LogP contribution in [0.25, 0.3) is 0 Å². The van der Waals surface area contributed by atoms with Crippen LogP contribution < -0.4 is 10.2 Å². The summed E-state index contributed by atoms with van der Waals surface area (Å²) in [5, 5.41) is 4.15. The molecule has 0 aliphatic carbocycles. The quantitative estimate of drug-likeness (QED) is 0.752. The normalized spacial score (nSPS) is 24.1. The molecule has 3 rings (SSSR count). The molecule has 0 radical (unpaired) electrons. The van der Waals surface area contributed by atoms with Crippen LogP contribution in [0.4, 0.5) is 11.5 Å². The van der Waals surface area contributed by atoms with Gasteiger partial charge in [0.2, 0.25) is 0 Å². The van der Waals surface area contributed by atoms with E-state index in [0.717, 1.165) is 24.6 Å². The molecule has 2 aliphatic heterocycles. The Labute approximate surface area is 101 Å². The Balaban J connectivity index is 1.97. The number of pyridine rings is 1. The maximum atomic E-state index is 5.96. The van der Waals surface area contributed by atoms with E-state index < -0.39 is 0 Å². The SMILES string of the molecule is Clc1cnc2c(c1)NCC1CCCCCN21. The highest BCUT2D eigenvalue weighted by molar-refractivity contribution is 6.30. The molecule has 1 unspecified atom stereocenters. The zero-order valence-electron chi connectivity index (χ0n) is 9.25. The molecule has 1 aromatic heterocycles. The smallest absolute Gasteiger partial charge is 0.152 e. The third kappa shape index (κ3) is 1.73. The third-order valence-corrected chi connectivity index (χ3v) is 3.72. The van der Waals surface area contributed by atoms with E-state index in [4.69, 9.17) is 11.6 Å². The molecule has 0 spiro atoms. The zero-order chi connectivity index (χ0) is 11.0. The Hall–Kier alpha value is -0.960. The van der Waals surface area contributed by atoms with Crippen molar-refractivity contribution in [3.63, 3.8) is 0 Å². The summed E-state index contributed by atoms with van der Waals surface area (Å²) in [6.07, 6.45) is 6.98. The number of nitrogens with one attached hydrogen (secondary N) is 1. The number of aromatic nitrogens is 1. The standard InChI is InChI=1S/C12H16ClN3/c13-9-6-11-12(15-7-9)16-5-3-1-2-4-10(16)8-14-11/h6-7,10,14H,1-5,8H2. The van der Waals surface area contributed by atoms with Gasteiger partial charge in [-0.15, -0.1) is 0 Å². The van der Waals surface area contributed by atoms with Crippen LogP contribution in [0, 0.1) is 0 Å². The molecule has 2 aliphatic rings. The second-order valence-corrected chi connectivity index (χ2v) is 5.04. The van der Waals surface area contributed by atoms with E-state index in [2.05, 4.69) is 15.2 Å². The van der Waals surface area contributed by atoms with Crippen LogP contribution in [-0.4, -0.2) is 24.1 Å². The van der Waals surface area contributed by atoms with Crippen molar-refractivity contribution in [3.05, 3.63) is 17.3 Å². The lowest BCUT2D eigenvalue weighted by Crippen LogP contribution is -2.44. The highest BCUT2D eigenvalue weighted by atomic mass is 35.5. The summed E-state index contributed by atoms with van der Waals surface area (Å²) < 4.78 is 0. The van der Waals surface area contributed by atoms with Gasteiger partial charge in [-0.25, -0.2) is 4.98 Å². The van der Waals surface area contributed by atoms with Gasteiger partial charge in [-0.3, -0.25) is 0 Å². The monoisotopic (exact) mass is 237 g/mol. The number of halogens is 1. The molecule has 86 valence electrons. The Bertz CT molecular complexity index is 394. The Morgan fingerprint density at radius 2 is 2.31 bits per heavy atom. The highest BCUT2D eigenvalue weighted by Crippen LogP contribution is 2.34. The molecule has 1 fully saturated rings. The average molecular weight is 238 g/mol. The predicted octanol–water partition coefficient (Wildman–Crippen LogP) is 2.91. The van der Waals surface area contributed by atoms with E-state index >= 15 is 0 Å². The van der Waals surface area contributed by atoms with E-state index in [1.165, 1.54) is 25.7 Å². The Morgan fingerprint density at radius 3 is 3.25 bits per heavy atom. The fraction of sp³-hybridized carbons (Fsp3) is 0.583. The van der Waals surface area contributed by atoms with E-state index in [9.17, 15) is 0 Å². The van der Waals surface area contributed by atoms with E-state index in [-0.39, 0.29) is 0 Å². The van der Waals surface area contributed by atoms with Gasteiger partial charge in [-0.1, -0.05) is 24.4 Å². The summed E-state index contributed by atoms with van der Waals surface area (Å²) >= 11 is 5.96. The Morgan fingerprint density at radius 1 is 1.38 bits per heavy atom. The number of nitrogens with zero attached hydrogens (tertiary/aromatic N) is 2. The molecule has 1 aromatic rings. The summed E-state index contributed by atoms with van der Waals surface area (Å²) in [7, 11) is 0. The first-order valence-electron chi connectivity index (χ1n) is 6.00. The molecule has 1 atom stereocenters. The third-order valence-electron chi connectivity index (χ3n) is 3.51. The van der Waals surface area contributed by atoms with Crippen LogP contribution in [0.2, 0.25) is 5.02 Å². The Kier molecular flexibility index (Phi) is 2.64. The summed E-state index contributed by atoms with van der Waals surface area (Å²) in [6, 6.07) is 2.59. The largest absolute Gasteiger partial charge is 0.380 e.